The minimum absolute atomic E-state index is 0.114. The molecule has 0 atom stereocenters. The third kappa shape index (κ3) is 4.02. The minimum Gasteiger partial charge on any atom is -0.383 e. The quantitative estimate of drug-likeness (QED) is 0.794. The van der Waals surface area contributed by atoms with E-state index in [0.29, 0.717) is 31.2 Å². The summed E-state index contributed by atoms with van der Waals surface area (Å²) in [5.74, 6) is 0.369. The smallest absolute Gasteiger partial charge is 0.261 e. The predicted molar refractivity (Wildman–Crippen MR) is 86.2 cm³/mol. The van der Waals surface area contributed by atoms with Crippen LogP contribution in [0.5, 0.6) is 0 Å². The number of nitrogens with one attached hydrogen (secondary N) is 1. The summed E-state index contributed by atoms with van der Waals surface area (Å²) in [6.45, 7) is 3.71. The number of hydrogen-bond donors (Lipinski definition) is 1. The molecule has 0 fully saturated rings. The molecule has 116 valence electrons. The van der Waals surface area contributed by atoms with Crippen molar-refractivity contribution in [3.05, 3.63) is 48.3 Å². The van der Waals surface area contributed by atoms with Crippen LogP contribution in [0.4, 0.5) is 11.6 Å². The molecule has 1 heterocycles. The lowest BCUT2D eigenvalue weighted by Crippen LogP contribution is -2.30. The van der Waals surface area contributed by atoms with Crippen molar-refractivity contribution in [1.29, 1.82) is 0 Å². The van der Waals surface area contributed by atoms with Crippen LogP contribution in [0, 0.1) is 0 Å². The number of carbonyl (C=O) groups is 1. The highest BCUT2D eigenvalue weighted by Gasteiger charge is 2.16. The van der Waals surface area contributed by atoms with Gasteiger partial charge in [0.2, 0.25) is 5.95 Å². The highest BCUT2D eigenvalue weighted by molar-refractivity contribution is 6.05. The number of rotatable bonds is 7. The van der Waals surface area contributed by atoms with E-state index in [9.17, 15) is 4.79 Å². The highest BCUT2D eigenvalue weighted by Crippen LogP contribution is 2.16. The zero-order chi connectivity index (χ0) is 15.8. The van der Waals surface area contributed by atoms with Gasteiger partial charge in [0.1, 0.15) is 0 Å². The van der Waals surface area contributed by atoms with Gasteiger partial charge in [-0.15, -0.1) is 0 Å². The Balaban J connectivity index is 2.08. The molecule has 1 aromatic heterocycles. The van der Waals surface area contributed by atoms with E-state index in [0.717, 1.165) is 5.69 Å². The average molecular weight is 300 g/mol. The summed E-state index contributed by atoms with van der Waals surface area (Å²) < 4.78 is 4.94. The number of carbonyl (C=O) groups excluding carboxylic acids is 1. The van der Waals surface area contributed by atoms with Gasteiger partial charge in [-0.05, 0) is 19.1 Å². The van der Waals surface area contributed by atoms with Gasteiger partial charge in [-0.3, -0.25) is 4.79 Å². The van der Waals surface area contributed by atoms with E-state index in [1.807, 2.05) is 37.3 Å². The standard InChI is InChI=1S/C16H20N4O2/c1-3-20(14-7-5-4-6-8-14)15(21)13-11-18-16(19-12-13)17-9-10-22-2/h4-8,11-12H,3,9-10H2,1-2H3,(H,17,18,19). The summed E-state index contributed by atoms with van der Waals surface area (Å²) in [6, 6.07) is 9.55. The molecular weight excluding hydrogens is 280 g/mol. The maximum Gasteiger partial charge on any atom is 0.261 e. The molecule has 2 aromatic rings. The lowest BCUT2D eigenvalue weighted by atomic mass is 10.2. The third-order valence-electron chi connectivity index (χ3n) is 3.12. The number of methoxy groups -OCH3 is 1. The first-order chi connectivity index (χ1) is 10.8. The largest absolute Gasteiger partial charge is 0.383 e. The number of ether oxygens (including phenoxy) is 1. The number of anilines is 2. The monoisotopic (exact) mass is 300 g/mol. The number of benzene rings is 1. The number of amides is 1. The van der Waals surface area contributed by atoms with Crippen LogP contribution in [0.15, 0.2) is 42.7 Å². The van der Waals surface area contributed by atoms with E-state index in [4.69, 9.17) is 4.74 Å². The maximum absolute atomic E-state index is 12.6. The molecule has 0 bridgehead atoms. The van der Waals surface area contributed by atoms with Crippen LogP contribution in [0.25, 0.3) is 0 Å². The minimum atomic E-state index is -0.114. The molecule has 0 saturated heterocycles. The Labute approximate surface area is 130 Å². The maximum atomic E-state index is 12.6. The molecule has 0 saturated carbocycles. The van der Waals surface area contributed by atoms with Crippen molar-refractivity contribution in [1.82, 2.24) is 9.97 Å². The van der Waals surface area contributed by atoms with Crippen LogP contribution in [-0.2, 0) is 4.74 Å². The molecule has 0 aliphatic heterocycles. The van der Waals surface area contributed by atoms with Crippen LogP contribution in [0.1, 0.15) is 17.3 Å². The topological polar surface area (TPSA) is 67.4 Å². The van der Waals surface area contributed by atoms with Gasteiger partial charge in [-0.25, -0.2) is 9.97 Å². The van der Waals surface area contributed by atoms with E-state index in [1.165, 1.54) is 12.4 Å². The number of para-hydroxylation sites is 1. The zero-order valence-corrected chi connectivity index (χ0v) is 12.8. The Hall–Kier alpha value is -2.47. The van der Waals surface area contributed by atoms with Gasteiger partial charge in [-0.1, -0.05) is 18.2 Å². The number of hydrogen-bond acceptors (Lipinski definition) is 5. The first kappa shape index (κ1) is 15.9. The van der Waals surface area contributed by atoms with Crippen molar-refractivity contribution in [3.63, 3.8) is 0 Å². The van der Waals surface area contributed by atoms with Gasteiger partial charge in [0.15, 0.2) is 0 Å². The van der Waals surface area contributed by atoms with Crippen molar-refractivity contribution in [2.24, 2.45) is 0 Å². The van der Waals surface area contributed by atoms with Crippen LogP contribution < -0.4 is 10.2 Å². The first-order valence-electron chi connectivity index (χ1n) is 7.18. The fraction of sp³-hybridized carbons (Fsp3) is 0.312. The van der Waals surface area contributed by atoms with Crippen LogP contribution in [-0.4, -0.2) is 42.7 Å². The van der Waals surface area contributed by atoms with Gasteiger partial charge in [-0.2, -0.15) is 0 Å². The Kier molecular flexibility index (Phi) is 5.85. The van der Waals surface area contributed by atoms with E-state index in [-0.39, 0.29) is 5.91 Å². The molecule has 0 radical (unpaired) electrons. The lowest BCUT2D eigenvalue weighted by molar-refractivity contribution is 0.0987. The Bertz CT molecular complexity index is 587. The molecule has 1 aromatic carbocycles. The second-order valence-electron chi connectivity index (χ2n) is 4.60. The average Bonchev–Trinajstić information content (AvgIpc) is 2.57. The lowest BCUT2D eigenvalue weighted by Gasteiger charge is -2.20. The van der Waals surface area contributed by atoms with Gasteiger partial charge in [0.05, 0.1) is 12.2 Å². The fourth-order valence-corrected chi connectivity index (χ4v) is 2.00. The second-order valence-corrected chi connectivity index (χ2v) is 4.60. The van der Waals surface area contributed by atoms with Gasteiger partial charge in [0, 0.05) is 38.3 Å². The Morgan fingerprint density at radius 1 is 1.23 bits per heavy atom. The van der Waals surface area contributed by atoms with Crippen molar-refractivity contribution in [3.8, 4) is 0 Å². The van der Waals surface area contributed by atoms with Crippen molar-refractivity contribution >= 4 is 17.5 Å². The Morgan fingerprint density at radius 3 is 2.50 bits per heavy atom. The normalized spacial score (nSPS) is 10.3. The summed E-state index contributed by atoms with van der Waals surface area (Å²) in [7, 11) is 1.63. The van der Waals surface area contributed by atoms with E-state index >= 15 is 0 Å². The Morgan fingerprint density at radius 2 is 1.91 bits per heavy atom. The van der Waals surface area contributed by atoms with Gasteiger partial charge >= 0.3 is 0 Å². The van der Waals surface area contributed by atoms with Crippen LogP contribution in [0.3, 0.4) is 0 Å². The van der Waals surface area contributed by atoms with Crippen molar-refractivity contribution < 1.29 is 9.53 Å². The molecular formula is C16H20N4O2. The van der Waals surface area contributed by atoms with E-state index in [2.05, 4.69) is 15.3 Å². The predicted octanol–water partition coefficient (Wildman–Crippen LogP) is 2.20. The number of aromatic nitrogens is 2. The molecule has 6 nitrogen and oxygen atoms in total. The zero-order valence-electron chi connectivity index (χ0n) is 12.8. The fourth-order valence-electron chi connectivity index (χ4n) is 2.00. The van der Waals surface area contributed by atoms with Gasteiger partial charge < -0.3 is 15.0 Å². The molecule has 0 aliphatic carbocycles. The highest BCUT2D eigenvalue weighted by atomic mass is 16.5. The molecule has 6 heteroatoms. The second kappa shape index (κ2) is 8.09. The summed E-state index contributed by atoms with van der Waals surface area (Å²) in [5.41, 5.74) is 1.32. The first-order valence-corrected chi connectivity index (χ1v) is 7.18. The van der Waals surface area contributed by atoms with Crippen molar-refractivity contribution in [2.75, 3.05) is 37.0 Å². The van der Waals surface area contributed by atoms with Gasteiger partial charge in [0.25, 0.3) is 5.91 Å². The molecule has 0 spiro atoms. The summed E-state index contributed by atoms with van der Waals surface area (Å²) >= 11 is 0. The van der Waals surface area contributed by atoms with Crippen LogP contribution >= 0.6 is 0 Å². The summed E-state index contributed by atoms with van der Waals surface area (Å²) in [6.07, 6.45) is 3.08. The third-order valence-corrected chi connectivity index (χ3v) is 3.12. The summed E-state index contributed by atoms with van der Waals surface area (Å²) in [4.78, 5) is 22.6. The van der Waals surface area contributed by atoms with Crippen molar-refractivity contribution in [2.45, 2.75) is 6.92 Å². The molecule has 22 heavy (non-hydrogen) atoms. The summed E-state index contributed by atoms with van der Waals surface area (Å²) in [5, 5.41) is 3.01. The molecule has 1 amide bonds. The molecule has 2 rings (SSSR count). The number of nitrogens with zero attached hydrogens (tertiary/aromatic N) is 3. The molecule has 0 unspecified atom stereocenters. The van der Waals surface area contributed by atoms with Crippen LogP contribution in [0.2, 0.25) is 0 Å². The SMILES string of the molecule is CCN(C(=O)c1cnc(NCCOC)nc1)c1ccccc1. The molecule has 0 aliphatic rings. The van der Waals surface area contributed by atoms with E-state index in [1.54, 1.807) is 12.0 Å². The van der Waals surface area contributed by atoms with E-state index < -0.39 is 0 Å². The molecule has 1 N–H and O–H groups in total.